The normalized spacial score (nSPS) is 10.0. The van der Waals surface area contributed by atoms with Crippen molar-refractivity contribution in [2.45, 2.75) is 13.8 Å². The van der Waals surface area contributed by atoms with Gasteiger partial charge in [-0.25, -0.2) is 4.79 Å². The third-order valence-corrected chi connectivity index (χ3v) is 1.89. The zero-order valence-electron chi connectivity index (χ0n) is 9.82. The molecule has 0 bridgehead atoms. The second-order valence-corrected chi connectivity index (χ2v) is 3.82. The molecule has 1 rings (SSSR count). The fraction of sp³-hybridized carbons (Fsp3) is 0.417. The summed E-state index contributed by atoms with van der Waals surface area (Å²) in [4.78, 5) is 11.4. The number of anilines is 1. The summed E-state index contributed by atoms with van der Waals surface area (Å²) in [7, 11) is 1.56. The number of rotatable bonds is 4. The van der Waals surface area contributed by atoms with Gasteiger partial charge in [0.2, 0.25) is 0 Å². The highest BCUT2D eigenvalue weighted by Crippen LogP contribution is 2.22. The number of hydrogen-bond acceptors (Lipinski definition) is 3. The summed E-state index contributed by atoms with van der Waals surface area (Å²) in [6, 6.07) is 7.19. The molecule has 0 aliphatic rings. The molecule has 1 aromatic carbocycles. The van der Waals surface area contributed by atoms with E-state index in [9.17, 15) is 4.79 Å². The lowest BCUT2D eigenvalue weighted by Crippen LogP contribution is -2.16. The maximum atomic E-state index is 11.4. The Balaban J connectivity index is 2.55. The van der Waals surface area contributed by atoms with Crippen LogP contribution in [0.25, 0.3) is 0 Å². The van der Waals surface area contributed by atoms with E-state index in [-0.39, 0.29) is 0 Å². The molecule has 0 fully saturated rings. The summed E-state index contributed by atoms with van der Waals surface area (Å²) in [6.07, 6.45) is -0.460. The van der Waals surface area contributed by atoms with E-state index in [4.69, 9.17) is 9.47 Å². The molecule has 0 spiro atoms. The van der Waals surface area contributed by atoms with Gasteiger partial charge in [0.05, 0.1) is 19.4 Å². The van der Waals surface area contributed by atoms with Gasteiger partial charge in [0.25, 0.3) is 0 Å². The first-order valence-corrected chi connectivity index (χ1v) is 5.20. The first-order chi connectivity index (χ1) is 7.63. The lowest BCUT2D eigenvalue weighted by Gasteiger charge is -2.11. The van der Waals surface area contributed by atoms with Crippen LogP contribution >= 0.6 is 0 Å². The van der Waals surface area contributed by atoms with E-state index in [2.05, 4.69) is 5.32 Å². The van der Waals surface area contributed by atoms with Crippen LogP contribution in [0.4, 0.5) is 10.5 Å². The van der Waals surface area contributed by atoms with Gasteiger partial charge in [-0.15, -0.1) is 0 Å². The summed E-state index contributed by atoms with van der Waals surface area (Å²) in [6.45, 7) is 4.37. The van der Waals surface area contributed by atoms with Gasteiger partial charge in [-0.1, -0.05) is 26.0 Å². The molecule has 1 aromatic rings. The van der Waals surface area contributed by atoms with E-state index >= 15 is 0 Å². The SMILES string of the molecule is COc1ccccc1NC(=O)OCC(C)C. The Hall–Kier alpha value is -1.71. The van der Waals surface area contributed by atoms with Gasteiger partial charge in [-0.3, -0.25) is 5.32 Å². The second kappa shape index (κ2) is 6.00. The third-order valence-electron chi connectivity index (χ3n) is 1.89. The van der Waals surface area contributed by atoms with Crippen LogP contribution in [0, 0.1) is 5.92 Å². The fourth-order valence-corrected chi connectivity index (χ4v) is 1.14. The fourth-order valence-electron chi connectivity index (χ4n) is 1.14. The highest BCUT2D eigenvalue weighted by atomic mass is 16.5. The van der Waals surface area contributed by atoms with Crippen molar-refractivity contribution in [1.82, 2.24) is 0 Å². The van der Waals surface area contributed by atoms with Gasteiger partial charge >= 0.3 is 6.09 Å². The third kappa shape index (κ3) is 3.81. The predicted octanol–water partition coefficient (Wildman–Crippen LogP) is 2.90. The minimum absolute atomic E-state index is 0.323. The number of para-hydroxylation sites is 2. The minimum Gasteiger partial charge on any atom is -0.495 e. The molecule has 4 heteroatoms. The molecule has 0 aliphatic carbocycles. The Morgan fingerprint density at radius 2 is 2.06 bits per heavy atom. The van der Waals surface area contributed by atoms with E-state index in [1.54, 1.807) is 19.2 Å². The quantitative estimate of drug-likeness (QED) is 0.853. The Kier molecular flexibility index (Phi) is 4.64. The van der Waals surface area contributed by atoms with Gasteiger partial charge in [-0.05, 0) is 18.1 Å². The number of amides is 1. The number of ether oxygens (including phenoxy) is 2. The standard InChI is InChI=1S/C12H17NO3/c1-9(2)8-16-12(14)13-10-6-4-5-7-11(10)15-3/h4-7,9H,8H2,1-3H3,(H,13,14). The predicted molar refractivity (Wildman–Crippen MR) is 62.8 cm³/mol. The topological polar surface area (TPSA) is 47.6 Å². The van der Waals surface area contributed by atoms with Crippen molar-refractivity contribution in [1.29, 1.82) is 0 Å². The molecule has 0 aromatic heterocycles. The van der Waals surface area contributed by atoms with Crippen LogP contribution in [-0.4, -0.2) is 19.8 Å². The molecular weight excluding hydrogens is 206 g/mol. The molecule has 0 saturated heterocycles. The second-order valence-electron chi connectivity index (χ2n) is 3.82. The van der Waals surface area contributed by atoms with Gasteiger partial charge < -0.3 is 9.47 Å². The van der Waals surface area contributed by atoms with Crippen LogP contribution in [0.1, 0.15) is 13.8 Å². The highest BCUT2D eigenvalue weighted by molar-refractivity contribution is 5.86. The van der Waals surface area contributed by atoms with Crippen LogP contribution in [-0.2, 0) is 4.74 Å². The van der Waals surface area contributed by atoms with Crippen LogP contribution in [0.3, 0.4) is 0 Å². The van der Waals surface area contributed by atoms with Crippen molar-refractivity contribution in [3.63, 3.8) is 0 Å². The van der Waals surface area contributed by atoms with Crippen LogP contribution in [0.15, 0.2) is 24.3 Å². The van der Waals surface area contributed by atoms with Crippen molar-refractivity contribution in [3.8, 4) is 5.75 Å². The Bertz CT molecular complexity index is 350. The number of methoxy groups -OCH3 is 1. The summed E-state index contributed by atoms with van der Waals surface area (Å²) in [5, 5.41) is 2.63. The first kappa shape index (κ1) is 12.4. The average Bonchev–Trinajstić information content (AvgIpc) is 2.27. The Morgan fingerprint density at radius 1 is 1.38 bits per heavy atom. The molecule has 1 N–H and O–H groups in total. The number of benzene rings is 1. The molecule has 0 heterocycles. The summed E-state index contributed by atoms with van der Waals surface area (Å²) in [5.41, 5.74) is 0.610. The molecule has 4 nitrogen and oxygen atoms in total. The van der Waals surface area contributed by atoms with E-state index in [0.29, 0.717) is 24.0 Å². The van der Waals surface area contributed by atoms with Gasteiger partial charge in [0, 0.05) is 0 Å². The molecule has 88 valence electrons. The van der Waals surface area contributed by atoms with Crippen molar-refractivity contribution >= 4 is 11.8 Å². The number of carbonyl (C=O) groups is 1. The van der Waals surface area contributed by atoms with Crippen molar-refractivity contribution in [3.05, 3.63) is 24.3 Å². The van der Waals surface area contributed by atoms with E-state index in [0.717, 1.165) is 0 Å². The Morgan fingerprint density at radius 3 is 2.69 bits per heavy atom. The number of hydrogen-bond donors (Lipinski definition) is 1. The highest BCUT2D eigenvalue weighted by Gasteiger charge is 2.07. The number of nitrogens with one attached hydrogen (secondary N) is 1. The largest absolute Gasteiger partial charge is 0.495 e. The zero-order chi connectivity index (χ0) is 12.0. The molecule has 16 heavy (non-hydrogen) atoms. The first-order valence-electron chi connectivity index (χ1n) is 5.20. The van der Waals surface area contributed by atoms with Crippen LogP contribution in [0.5, 0.6) is 5.75 Å². The summed E-state index contributed by atoms with van der Waals surface area (Å²) in [5.74, 6) is 0.937. The maximum Gasteiger partial charge on any atom is 0.411 e. The number of carbonyl (C=O) groups excluding carboxylic acids is 1. The minimum atomic E-state index is -0.460. The molecule has 0 radical (unpaired) electrons. The molecule has 1 amide bonds. The molecule has 0 atom stereocenters. The van der Waals surface area contributed by atoms with Crippen molar-refractivity contribution < 1.29 is 14.3 Å². The van der Waals surface area contributed by atoms with Crippen molar-refractivity contribution in [2.24, 2.45) is 5.92 Å². The zero-order valence-corrected chi connectivity index (χ0v) is 9.82. The molecule has 0 unspecified atom stereocenters. The molecule has 0 saturated carbocycles. The monoisotopic (exact) mass is 223 g/mol. The molecular formula is C12H17NO3. The summed E-state index contributed by atoms with van der Waals surface area (Å²) >= 11 is 0. The van der Waals surface area contributed by atoms with E-state index in [1.165, 1.54) is 0 Å². The Labute approximate surface area is 95.6 Å². The summed E-state index contributed by atoms with van der Waals surface area (Å²) < 4.78 is 10.1. The van der Waals surface area contributed by atoms with Crippen molar-refractivity contribution in [2.75, 3.05) is 19.0 Å². The smallest absolute Gasteiger partial charge is 0.411 e. The van der Waals surface area contributed by atoms with E-state index < -0.39 is 6.09 Å². The lowest BCUT2D eigenvalue weighted by atomic mass is 10.2. The van der Waals surface area contributed by atoms with Gasteiger partial charge in [0.1, 0.15) is 5.75 Å². The van der Waals surface area contributed by atoms with Gasteiger partial charge in [-0.2, -0.15) is 0 Å². The van der Waals surface area contributed by atoms with Gasteiger partial charge in [0.15, 0.2) is 0 Å². The van der Waals surface area contributed by atoms with Crippen LogP contribution in [0.2, 0.25) is 0 Å². The average molecular weight is 223 g/mol. The van der Waals surface area contributed by atoms with Crippen LogP contribution < -0.4 is 10.1 Å². The molecule has 0 aliphatic heterocycles. The maximum absolute atomic E-state index is 11.4. The van der Waals surface area contributed by atoms with E-state index in [1.807, 2.05) is 26.0 Å². The lowest BCUT2D eigenvalue weighted by molar-refractivity contribution is 0.147.